The Labute approximate surface area is 119 Å². The summed E-state index contributed by atoms with van der Waals surface area (Å²) >= 11 is 0. The maximum absolute atomic E-state index is 12.3. The molecule has 0 aromatic heterocycles. The van der Waals surface area contributed by atoms with Gasteiger partial charge in [-0.15, -0.1) is 0 Å². The van der Waals surface area contributed by atoms with Crippen LogP contribution in [0.5, 0.6) is 0 Å². The highest BCUT2D eigenvalue weighted by molar-refractivity contribution is 5.99. The Kier molecular flexibility index (Phi) is 3.05. The van der Waals surface area contributed by atoms with Crippen LogP contribution in [-0.4, -0.2) is 31.1 Å². The third-order valence-electron chi connectivity index (χ3n) is 5.81. The van der Waals surface area contributed by atoms with Crippen LogP contribution < -0.4 is 0 Å². The lowest BCUT2D eigenvalue weighted by Gasteiger charge is -2.59. The van der Waals surface area contributed by atoms with Gasteiger partial charge in [0, 0.05) is 17.4 Å². The largest absolute Gasteiger partial charge is 0.466 e. The monoisotopic (exact) mass is 278 g/mol. The number of ether oxygens (including phenoxy) is 2. The molecule has 0 amide bonds. The Hall–Kier alpha value is -1.16. The summed E-state index contributed by atoms with van der Waals surface area (Å²) in [6.45, 7) is 4.52. The minimum absolute atomic E-state index is 0.0177. The standard InChI is InChI=1S/C16H22O4/c1-10(14(18)19-3)6-12(17)8-16-9-20-15(2)5-4-11(16)7-13(15)16/h6,11,13H,4-5,7-9H2,1-3H3/b10-6+/t11-,13-,15+,16-/m0/s1. The molecule has 0 aromatic carbocycles. The molecule has 4 aliphatic rings. The van der Waals surface area contributed by atoms with Crippen molar-refractivity contribution in [2.45, 2.75) is 45.1 Å². The van der Waals surface area contributed by atoms with Crippen molar-refractivity contribution in [3.8, 4) is 0 Å². The zero-order valence-electron chi connectivity index (χ0n) is 12.4. The summed E-state index contributed by atoms with van der Waals surface area (Å²) in [7, 11) is 1.33. The second-order valence-corrected chi connectivity index (χ2v) is 6.82. The van der Waals surface area contributed by atoms with E-state index in [-0.39, 0.29) is 16.8 Å². The van der Waals surface area contributed by atoms with E-state index < -0.39 is 5.97 Å². The molecule has 4 atom stereocenters. The van der Waals surface area contributed by atoms with Crippen molar-refractivity contribution in [1.29, 1.82) is 0 Å². The Morgan fingerprint density at radius 3 is 2.85 bits per heavy atom. The van der Waals surface area contributed by atoms with E-state index in [2.05, 4.69) is 11.7 Å². The van der Waals surface area contributed by atoms with Crippen molar-refractivity contribution in [1.82, 2.24) is 0 Å². The SMILES string of the molecule is COC(=O)/C(C)=C/C(=O)C[C@]12CO[C@]3(C)CC[C@H]1C[C@H]23. The molecular formula is C16H22O4. The average molecular weight is 278 g/mol. The van der Waals surface area contributed by atoms with Gasteiger partial charge in [0.15, 0.2) is 5.78 Å². The normalized spacial score (nSPS) is 42.0. The molecule has 0 N–H and O–H groups in total. The third-order valence-corrected chi connectivity index (χ3v) is 5.81. The number of rotatable bonds is 4. The third kappa shape index (κ3) is 1.77. The van der Waals surface area contributed by atoms with Crippen LogP contribution in [0.25, 0.3) is 0 Å². The first-order valence-electron chi connectivity index (χ1n) is 7.35. The van der Waals surface area contributed by atoms with Gasteiger partial charge in [-0.05, 0) is 51.0 Å². The molecule has 4 nitrogen and oxygen atoms in total. The summed E-state index contributed by atoms with van der Waals surface area (Å²) < 4.78 is 10.7. The van der Waals surface area contributed by atoms with E-state index in [1.54, 1.807) is 6.92 Å². The number of fused-ring (bicyclic) bond motifs is 1. The van der Waals surface area contributed by atoms with E-state index in [0.29, 0.717) is 30.4 Å². The van der Waals surface area contributed by atoms with Crippen molar-refractivity contribution in [3.63, 3.8) is 0 Å². The predicted molar refractivity (Wildman–Crippen MR) is 73.0 cm³/mol. The lowest BCUT2D eigenvalue weighted by Crippen LogP contribution is -2.58. The molecule has 0 radical (unpaired) electrons. The number of ketones is 1. The maximum atomic E-state index is 12.3. The number of carbonyl (C=O) groups is 2. The second kappa shape index (κ2) is 4.42. The summed E-state index contributed by atoms with van der Waals surface area (Å²) in [4.78, 5) is 23.6. The number of hydrogen-bond donors (Lipinski definition) is 0. The fourth-order valence-corrected chi connectivity index (χ4v) is 4.62. The highest BCUT2D eigenvalue weighted by atomic mass is 16.5. The molecule has 3 aliphatic carbocycles. The Morgan fingerprint density at radius 2 is 2.20 bits per heavy atom. The van der Waals surface area contributed by atoms with Crippen LogP contribution in [0.1, 0.15) is 39.5 Å². The van der Waals surface area contributed by atoms with Gasteiger partial charge in [-0.25, -0.2) is 4.79 Å². The van der Waals surface area contributed by atoms with Crippen LogP contribution in [-0.2, 0) is 19.1 Å². The van der Waals surface area contributed by atoms with E-state index in [0.717, 1.165) is 6.42 Å². The fraction of sp³-hybridized carbons (Fsp3) is 0.750. The summed E-state index contributed by atoms with van der Waals surface area (Å²) in [6, 6.07) is 0. The molecule has 3 saturated carbocycles. The van der Waals surface area contributed by atoms with Crippen LogP contribution >= 0.6 is 0 Å². The van der Waals surface area contributed by atoms with E-state index in [1.165, 1.54) is 26.0 Å². The molecule has 4 rings (SSSR count). The summed E-state index contributed by atoms with van der Waals surface area (Å²) in [5.41, 5.74) is 0.396. The first kappa shape index (κ1) is 13.8. The van der Waals surface area contributed by atoms with Crippen LogP contribution in [0.2, 0.25) is 0 Å². The number of carbonyl (C=O) groups excluding carboxylic acids is 2. The van der Waals surface area contributed by atoms with Crippen LogP contribution in [0, 0.1) is 17.3 Å². The lowest BCUT2D eigenvalue weighted by molar-refractivity contribution is -0.137. The Bertz CT molecular complexity index is 493. The van der Waals surface area contributed by atoms with Gasteiger partial charge in [0.25, 0.3) is 0 Å². The molecule has 0 aromatic rings. The van der Waals surface area contributed by atoms with Gasteiger partial charge in [-0.2, -0.15) is 0 Å². The minimum atomic E-state index is -0.433. The van der Waals surface area contributed by atoms with Crippen LogP contribution in [0.4, 0.5) is 0 Å². The molecule has 1 saturated heterocycles. The topological polar surface area (TPSA) is 52.6 Å². The van der Waals surface area contributed by atoms with Gasteiger partial charge < -0.3 is 9.47 Å². The van der Waals surface area contributed by atoms with Crippen LogP contribution in [0.15, 0.2) is 11.6 Å². The molecule has 4 bridgehead atoms. The van der Waals surface area contributed by atoms with Crippen LogP contribution in [0.3, 0.4) is 0 Å². The molecule has 4 heteroatoms. The molecule has 20 heavy (non-hydrogen) atoms. The van der Waals surface area contributed by atoms with E-state index in [1.807, 2.05) is 0 Å². The van der Waals surface area contributed by atoms with Crippen molar-refractivity contribution >= 4 is 11.8 Å². The average Bonchev–Trinajstić information content (AvgIpc) is 2.54. The molecule has 110 valence electrons. The molecule has 1 heterocycles. The Balaban J connectivity index is 1.73. The Morgan fingerprint density at radius 1 is 1.45 bits per heavy atom. The number of allylic oxidation sites excluding steroid dienone is 1. The zero-order chi connectivity index (χ0) is 14.5. The van der Waals surface area contributed by atoms with Crippen molar-refractivity contribution in [2.24, 2.45) is 17.3 Å². The quantitative estimate of drug-likeness (QED) is 0.585. The predicted octanol–water partition coefficient (Wildman–Crippen LogP) is 2.27. The minimum Gasteiger partial charge on any atom is -0.466 e. The molecular weight excluding hydrogens is 256 g/mol. The summed E-state index contributed by atoms with van der Waals surface area (Å²) in [5.74, 6) is 0.734. The summed E-state index contributed by atoms with van der Waals surface area (Å²) in [6.07, 6.45) is 5.43. The second-order valence-electron chi connectivity index (χ2n) is 6.82. The highest BCUT2D eigenvalue weighted by Crippen LogP contribution is 2.69. The van der Waals surface area contributed by atoms with Crippen molar-refractivity contribution in [2.75, 3.05) is 13.7 Å². The highest BCUT2D eigenvalue weighted by Gasteiger charge is 2.69. The zero-order valence-corrected chi connectivity index (χ0v) is 12.4. The summed E-state index contributed by atoms with van der Waals surface area (Å²) in [5, 5.41) is 0. The van der Waals surface area contributed by atoms with Gasteiger partial charge in [-0.3, -0.25) is 4.79 Å². The number of esters is 1. The first-order chi connectivity index (χ1) is 9.41. The molecule has 0 unspecified atom stereocenters. The van der Waals surface area contributed by atoms with Gasteiger partial charge in [0.2, 0.25) is 0 Å². The van der Waals surface area contributed by atoms with Gasteiger partial charge in [-0.1, -0.05) is 0 Å². The van der Waals surface area contributed by atoms with E-state index in [9.17, 15) is 9.59 Å². The van der Waals surface area contributed by atoms with Crippen molar-refractivity contribution in [3.05, 3.63) is 11.6 Å². The molecule has 1 aliphatic heterocycles. The first-order valence-corrected chi connectivity index (χ1v) is 7.35. The molecule has 4 fully saturated rings. The van der Waals surface area contributed by atoms with Gasteiger partial charge in [0.05, 0.1) is 19.3 Å². The number of methoxy groups -OCH3 is 1. The maximum Gasteiger partial charge on any atom is 0.333 e. The van der Waals surface area contributed by atoms with E-state index in [4.69, 9.17) is 4.74 Å². The smallest absolute Gasteiger partial charge is 0.333 e. The molecule has 0 spiro atoms. The van der Waals surface area contributed by atoms with Gasteiger partial charge >= 0.3 is 5.97 Å². The number of hydrogen-bond acceptors (Lipinski definition) is 4. The van der Waals surface area contributed by atoms with Crippen molar-refractivity contribution < 1.29 is 19.1 Å². The van der Waals surface area contributed by atoms with E-state index >= 15 is 0 Å². The fourth-order valence-electron chi connectivity index (χ4n) is 4.62. The lowest BCUT2D eigenvalue weighted by atomic mass is 9.43. The van der Waals surface area contributed by atoms with Gasteiger partial charge in [0.1, 0.15) is 0 Å².